The molecule has 1 N–H and O–H groups in total. The van der Waals surface area contributed by atoms with Crippen molar-refractivity contribution < 1.29 is 4.79 Å². The molecule has 3 heterocycles. The largest absolute Gasteiger partial charge is 0.337 e. The first-order valence-corrected chi connectivity index (χ1v) is 12.0. The van der Waals surface area contributed by atoms with Crippen molar-refractivity contribution in [3.8, 4) is 0 Å². The van der Waals surface area contributed by atoms with Crippen LogP contribution >= 0.6 is 0 Å². The summed E-state index contributed by atoms with van der Waals surface area (Å²) >= 11 is 0. The Morgan fingerprint density at radius 2 is 1.50 bits per heavy atom. The second kappa shape index (κ2) is 10.9. The molecule has 182 valence electrons. The topological polar surface area (TPSA) is 100 Å². The second-order valence-corrected chi connectivity index (χ2v) is 8.84. The van der Waals surface area contributed by atoms with Crippen molar-refractivity contribution in [1.82, 2.24) is 24.9 Å². The van der Waals surface area contributed by atoms with Gasteiger partial charge in [-0.1, -0.05) is 42.5 Å². The number of piperazine rings is 1. The molecule has 0 unspecified atom stereocenters. The van der Waals surface area contributed by atoms with Crippen LogP contribution in [0.4, 0.5) is 23.5 Å². The summed E-state index contributed by atoms with van der Waals surface area (Å²) in [4.78, 5) is 38.2. The van der Waals surface area contributed by atoms with Crippen LogP contribution in [0.2, 0.25) is 0 Å². The molecular formula is C27H28N8O. The fourth-order valence-electron chi connectivity index (χ4n) is 4.22. The van der Waals surface area contributed by atoms with Crippen molar-refractivity contribution >= 4 is 29.3 Å². The van der Waals surface area contributed by atoms with Gasteiger partial charge < -0.3 is 15.1 Å². The van der Waals surface area contributed by atoms with E-state index in [1.807, 2.05) is 54.9 Å². The predicted octanol–water partition coefficient (Wildman–Crippen LogP) is 3.45. The van der Waals surface area contributed by atoms with Crippen LogP contribution in [0, 0.1) is 0 Å². The van der Waals surface area contributed by atoms with Gasteiger partial charge in [0.2, 0.25) is 17.8 Å². The molecule has 1 aliphatic rings. The van der Waals surface area contributed by atoms with E-state index in [0.29, 0.717) is 18.3 Å². The Bertz CT molecular complexity index is 1300. The van der Waals surface area contributed by atoms with Gasteiger partial charge in [0.1, 0.15) is 12.1 Å². The number of nitrogens with zero attached hydrogens (tertiary/aromatic N) is 7. The Balaban J connectivity index is 1.18. The number of Topliss-reactive ketones (excluding diaryl/α,β-unsaturated/α-hetero) is 1. The molecule has 0 bridgehead atoms. The van der Waals surface area contributed by atoms with E-state index in [4.69, 9.17) is 0 Å². The molecule has 0 radical (unpaired) electrons. The Labute approximate surface area is 210 Å². The summed E-state index contributed by atoms with van der Waals surface area (Å²) in [6, 6.07) is 18.1. The fourth-order valence-corrected chi connectivity index (χ4v) is 4.22. The molecule has 4 aromatic rings. The Morgan fingerprint density at radius 1 is 0.806 bits per heavy atom. The predicted molar refractivity (Wildman–Crippen MR) is 140 cm³/mol. The zero-order valence-electron chi connectivity index (χ0n) is 20.2. The SMILES string of the molecule is CC(=O)Cc1cccc(Nc2ncnc(N3CCN(c4ncc(Cc5ccccc5)cn4)CC3)n2)c1. The standard InChI is InChI=1S/C27H28N8O/c1-20(36)14-22-8-5-9-24(16-22)32-25-30-19-31-27(33-25)35-12-10-34(11-13-35)26-28-17-23(18-29-26)15-21-6-3-2-4-7-21/h2-9,16-19H,10-15H2,1H3,(H,30,31,32,33). The third-order valence-corrected chi connectivity index (χ3v) is 5.98. The molecular weight excluding hydrogens is 452 g/mol. The van der Waals surface area contributed by atoms with Gasteiger partial charge in [-0.3, -0.25) is 4.79 Å². The molecule has 1 fully saturated rings. The molecule has 1 saturated heterocycles. The van der Waals surface area contributed by atoms with Crippen LogP contribution in [0.5, 0.6) is 0 Å². The lowest BCUT2D eigenvalue weighted by atomic mass is 10.1. The van der Waals surface area contributed by atoms with Gasteiger partial charge in [0.25, 0.3) is 0 Å². The number of hydrogen-bond donors (Lipinski definition) is 1. The summed E-state index contributed by atoms with van der Waals surface area (Å²) in [6.07, 6.45) is 6.58. The maximum Gasteiger partial charge on any atom is 0.231 e. The minimum absolute atomic E-state index is 0.127. The fraction of sp³-hybridized carbons (Fsp3) is 0.259. The Kier molecular flexibility index (Phi) is 7.07. The molecule has 1 aliphatic heterocycles. The van der Waals surface area contributed by atoms with E-state index in [9.17, 15) is 4.79 Å². The number of benzene rings is 2. The maximum absolute atomic E-state index is 11.4. The molecule has 0 atom stereocenters. The molecule has 2 aromatic carbocycles. The molecule has 2 aromatic heterocycles. The minimum Gasteiger partial charge on any atom is -0.337 e. The summed E-state index contributed by atoms with van der Waals surface area (Å²) in [5.41, 5.74) is 4.13. The van der Waals surface area contributed by atoms with Gasteiger partial charge in [0.15, 0.2) is 0 Å². The monoisotopic (exact) mass is 480 g/mol. The third-order valence-electron chi connectivity index (χ3n) is 5.98. The summed E-state index contributed by atoms with van der Waals surface area (Å²) in [7, 11) is 0. The highest BCUT2D eigenvalue weighted by Crippen LogP contribution is 2.19. The normalized spacial score (nSPS) is 13.5. The van der Waals surface area contributed by atoms with E-state index >= 15 is 0 Å². The summed E-state index contributed by atoms with van der Waals surface area (Å²) in [5.74, 6) is 1.98. The third kappa shape index (κ3) is 5.99. The molecule has 5 rings (SSSR count). The van der Waals surface area contributed by atoms with Crippen molar-refractivity contribution in [2.75, 3.05) is 41.3 Å². The van der Waals surface area contributed by atoms with Crippen molar-refractivity contribution in [2.45, 2.75) is 19.8 Å². The highest BCUT2D eigenvalue weighted by molar-refractivity contribution is 5.78. The minimum atomic E-state index is 0.127. The number of ketones is 1. The van der Waals surface area contributed by atoms with Gasteiger partial charge in [-0.15, -0.1) is 0 Å². The first-order chi connectivity index (χ1) is 17.6. The number of nitrogens with one attached hydrogen (secondary N) is 1. The summed E-state index contributed by atoms with van der Waals surface area (Å²) in [5, 5.41) is 3.22. The van der Waals surface area contributed by atoms with Crippen LogP contribution in [0.1, 0.15) is 23.6 Å². The molecule has 9 heteroatoms. The van der Waals surface area contributed by atoms with Crippen molar-refractivity contribution in [3.05, 3.63) is 90.0 Å². The number of carbonyl (C=O) groups excluding carboxylic acids is 1. The molecule has 0 amide bonds. The van der Waals surface area contributed by atoms with Crippen LogP contribution in [0.3, 0.4) is 0 Å². The van der Waals surface area contributed by atoms with Gasteiger partial charge in [-0.05, 0) is 35.7 Å². The molecule has 0 saturated carbocycles. The van der Waals surface area contributed by atoms with Crippen molar-refractivity contribution in [2.24, 2.45) is 0 Å². The first-order valence-electron chi connectivity index (χ1n) is 12.0. The van der Waals surface area contributed by atoms with E-state index in [2.05, 4.69) is 52.2 Å². The van der Waals surface area contributed by atoms with E-state index in [1.54, 1.807) is 6.92 Å². The van der Waals surface area contributed by atoms with Crippen molar-refractivity contribution in [1.29, 1.82) is 0 Å². The molecule has 9 nitrogen and oxygen atoms in total. The van der Waals surface area contributed by atoms with Crippen LogP contribution in [0.15, 0.2) is 73.3 Å². The van der Waals surface area contributed by atoms with Gasteiger partial charge >= 0.3 is 0 Å². The van der Waals surface area contributed by atoms with E-state index in [0.717, 1.165) is 55.4 Å². The van der Waals surface area contributed by atoms with Crippen LogP contribution in [0.25, 0.3) is 0 Å². The van der Waals surface area contributed by atoms with Gasteiger partial charge in [-0.2, -0.15) is 4.98 Å². The molecule has 0 aliphatic carbocycles. The van der Waals surface area contributed by atoms with Gasteiger partial charge in [0, 0.05) is 57.1 Å². The van der Waals surface area contributed by atoms with E-state index in [1.165, 1.54) is 11.9 Å². The summed E-state index contributed by atoms with van der Waals surface area (Å²) < 4.78 is 0. The smallest absolute Gasteiger partial charge is 0.231 e. The number of hydrogen-bond acceptors (Lipinski definition) is 9. The number of rotatable bonds is 8. The lowest BCUT2D eigenvalue weighted by Gasteiger charge is -2.34. The second-order valence-electron chi connectivity index (χ2n) is 8.84. The van der Waals surface area contributed by atoms with E-state index in [-0.39, 0.29) is 5.78 Å². The van der Waals surface area contributed by atoms with Crippen LogP contribution < -0.4 is 15.1 Å². The highest BCUT2D eigenvalue weighted by Gasteiger charge is 2.21. The van der Waals surface area contributed by atoms with Crippen molar-refractivity contribution in [3.63, 3.8) is 0 Å². The van der Waals surface area contributed by atoms with Crippen LogP contribution in [-0.2, 0) is 17.6 Å². The zero-order valence-corrected chi connectivity index (χ0v) is 20.2. The van der Waals surface area contributed by atoms with E-state index < -0.39 is 0 Å². The average molecular weight is 481 g/mol. The van der Waals surface area contributed by atoms with Gasteiger partial charge in [-0.25, -0.2) is 19.9 Å². The maximum atomic E-state index is 11.4. The Hall–Kier alpha value is -4.40. The first kappa shape index (κ1) is 23.3. The Morgan fingerprint density at radius 3 is 2.22 bits per heavy atom. The number of aromatic nitrogens is 5. The molecule has 0 spiro atoms. The highest BCUT2D eigenvalue weighted by atomic mass is 16.1. The molecule has 36 heavy (non-hydrogen) atoms. The average Bonchev–Trinajstić information content (AvgIpc) is 2.90. The number of anilines is 4. The van der Waals surface area contributed by atoms with Crippen LogP contribution in [-0.4, -0.2) is 56.9 Å². The summed E-state index contributed by atoms with van der Waals surface area (Å²) in [6.45, 7) is 4.66. The lowest BCUT2D eigenvalue weighted by molar-refractivity contribution is -0.116. The lowest BCUT2D eigenvalue weighted by Crippen LogP contribution is -2.47. The number of carbonyl (C=O) groups is 1. The quantitative estimate of drug-likeness (QED) is 0.406. The zero-order chi connectivity index (χ0) is 24.7. The van der Waals surface area contributed by atoms with Gasteiger partial charge in [0.05, 0.1) is 0 Å².